The van der Waals surface area contributed by atoms with Crippen LogP contribution in [-0.2, 0) is 17.8 Å². The summed E-state index contributed by atoms with van der Waals surface area (Å²) >= 11 is 6.06. The maximum Gasteiger partial charge on any atom is 0.312 e. The maximum atomic E-state index is 12.3. The third kappa shape index (κ3) is 5.30. The van der Waals surface area contributed by atoms with Gasteiger partial charge in [-0.15, -0.1) is 0 Å². The van der Waals surface area contributed by atoms with Crippen molar-refractivity contribution in [1.82, 2.24) is 10.6 Å². The number of nitrogens with one attached hydrogen (secondary N) is 2. The molecule has 4 N–H and O–H groups in total. The Morgan fingerprint density at radius 3 is 2.35 bits per heavy atom. The highest BCUT2D eigenvalue weighted by Crippen LogP contribution is 2.14. The Morgan fingerprint density at radius 2 is 1.70 bits per heavy atom. The minimum Gasteiger partial charge on any atom is -0.352 e. The number of rotatable bonds is 6. The van der Waals surface area contributed by atoms with Crippen LogP contribution in [0.2, 0.25) is 5.02 Å². The monoisotopic (exact) mass is 331 g/mol. The maximum absolute atomic E-state index is 12.3. The fraction of sp³-hybridized carbons (Fsp3) is 0.176. The van der Waals surface area contributed by atoms with Gasteiger partial charge in [0.15, 0.2) is 0 Å². The van der Waals surface area contributed by atoms with Gasteiger partial charge < -0.3 is 16.4 Å². The summed E-state index contributed by atoms with van der Waals surface area (Å²) in [6.07, 6.45) is 0.359. The molecular weight excluding hydrogens is 314 g/mol. The van der Waals surface area contributed by atoms with E-state index in [-0.39, 0.29) is 12.5 Å². The van der Waals surface area contributed by atoms with Crippen molar-refractivity contribution in [2.24, 2.45) is 5.73 Å². The highest BCUT2D eigenvalue weighted by Gasteiger charge is 2.20. The Labute approximate surface area is 139 Å². The van der Waals surface area contributed by atoms with Gasteiger partial charge in [-0.1, -0.05) is 60.1 Å². The lowest BCUT2D eigenvalue weighted by Crippen LogP contribution is -2.49. The molecule has 0 bridgehead atoms. The molecule has 0 aliphatic carbocycles. The van der Waals surface area contributed by atoms with Gasteiger partial charge in [0.2, 0.25) is 5.91 Å². The summed E-state index contributed by atoms with van der Waals surface area (Å²) in [6.45, 7) is 0.282. The van der Waals surface area contributed by atoms with Crippen LogP contribution in [0.4, 0.5) is 4.79 Å². The molecule has 2 rings (SSSR count). The van der Waals surface area contributed by atoms with Gasteiger partial charge in [0, 0.05) is 18.0 Å². The number of amides is 3. The van der Waals surface area contributed by atoms with Gasteiger partial charge in [-0.05, 0) is 17.2 Å². The normalized spacial score (nSPS) is 11.5. The van der Waals surface area contributed by atoms with E-state index >= 15 is 0 Å². The topological polar surface area (TPSA) is 84.2 Å². The molecule has 0 fully saturated rings. The van der Waals surface area contributed by atoms with Crippen molar-refractivity contribution in [3.05, 3.63) is 70.7 Å². The minimum absolute atomic E-state index is 0.282. The number of carbonyl (C=O) groups is 2. The summed E-state index contributed by atoms with van der Waals surface area (Å²) in [5.41, 5.74) is 6.90. The molecule has 1 unspecified atom stereocenters. The molecule has 0 aromatic heterocycles. The van der Waals surface area contributed by atoms with Crippen LogP contribution in [0.25, 0.3) is 0 Å². The van der Waals surface area contributed by atoms with E-state index in [0.717, 1.165) is 11.1 Å². The van der Waals surface area contributed by atoms with E-state index < -0.39 is 12.1 Å². The van der Waals surface area contributed by atoms with Gasteiger partial charge in [-0.2, -0.15) is 0 Å². The molecule has 23 heavy (non-hydrogen) atoms. The Hall–Kier alpha value is -2.53. The molecule has 3 amide bonds. The molecule has 0 radical (unpaired) electrons. The lowest BCUT2D eigenvalue weighted by Gasteiger charge is -2.17. The second-order valence-electron chi connectivity index (χ2n) is 5.06. The SMILES string of the molecule is NC(=O)NC(Cc1ccccc1)C(=O)NCc1ccccc1Cl. The number of nitrogens with two attached hydrogens (primary N) is 1. The summed E-state index contributed by atoms with van der Waals surface area (Å²) in [7, 11) is 0. The molecule has 0 heterocycles. The average molecular weight is 332 g/mol. The molecule has 0 spiro atoms. The zero-order valence-corrected chi connectivity index (χ0v) is 13.2. The fourth-order valence-electron chi connectivity index (χ4n) is 2.18. The van der Waals surface area contributed by atoms with Crippen molar-refractivity contribution in [2.75, 3.05) is 0 Å². The quantitative estimate of drug-likeness (QED) is 0.758. The number of benzene rings is 2. The van der Waals surface area contributed by atoms with Crippen LogP contribution in [-0.4, -0.2) is 18.0 Å². The fourth-order valence-corrected chi connectivity index (χ4v) is 2.38. The number of primary amides is 1. The molecule has 1 atom stereocenters. The number of hydrogen-bond acceptors (Lipinski definition) is 2. The number of halogens is 1. The van der Waals surface area contributed by atoms with Gasteiger partial charge in [0.05, 0.1) is 0 Å². The van der Waals surface area contributed by atoms with Gasteiger partial charge in [-0.25, -0.2) is 4.79 Å². The van der Waals surface area contributed by atoms with Crippen molar-refractivity contribution in [3.8, 4) is 0 Å². The van der Waals surface area contributed by atoms with Crippen molar-refractivity contribution in [1.29, 1.82) is 0 Å². The molecule has 2 aromatic rings. The smallest absolute Gasteiger partial charge is 0.312 e. The average Bonchev–Trinajstić information content (AvgIpc) is 2.54. The van der Waals surface area contributed by atoms with Crippen LogP contribution in [0.1, 0.15) is 11.1 Å². The molecule has 5 nitrogen and oxygen atoms in total. The second kappa shape index (κ2) is 8.19. The third-order valence-corrected chi connectivity index (χ3v) is 3.70. The van der Waals surface area contributed by atoms with Crippen molar-refractivity contribution >= 4 is 23.5 Å². The van der Waals surface area contributed by atoms with Gasteiger partial charge >= 0.3 is 6.03 Å². The van der Waals surface area contributed by atoms with E-state index in [1.165, 1.54) is 0 Å². The minimum atomic E-state index is -0.739. The number of urea groups is 1. The molecule has 0 aliphatic heterocycles. The predicted octanol–water partition coefficient (Wildman–Crippen LogP) is 2.24. The van der Waals surface area contributed by atoms with Crippen LogP contribution in [0.15, 0.2) is 54.6 Å². The number of hydrogen-bond donors (Lipinski definition) is 3. The van der Waals surface area contributed by atoms with Crippen LogP contribution in [0.3, 0.4) is 0 Å². The lowest BCUT2D eigenvalue weighted by molar-refractivity contribution is -0.123. The molecular formula is C17H18ClN3O2. The highest BCUT2D eigenvalue weighted by atomic mass is 35.5. The molecule has 6 heteroatoms. The standard InChI is InChI=1S/C17H18ClN3O2/c18-14-9-5-4-8-13(14)11-20-16(22)15(21-17(19)23)10-12-6-2-1-3-7-12/h1-9,15H,10-11H2,(H,20,22)(H3,19,21,23). The first-order chi connectivity index (χ1) is 11.1. The Bertz CT molecular complexity index is 677. The molecule has 2 aromatic carbocycles. The van der Waals surface area contributed by atoms with Gasteiger partial charge in [0.25, 0.3) is 0 Å². The molecule has 0 saturated heterocycles. The van der Waals surface area contributed by atoms with Crippen molar-refractivity contribution < 1.29 is 9.59 Å². The molecule has 0 aliphatic rings. The first kappa shape index (κ1) is 16.8. The van der Waals surface area contributed by atoms with Gasteiger partial charge in [0.1, 0.15) is 6.04 Å². The van der Waals surface area contributed by atoms with Gasteiger partial charge in [-0.3, -0.25) is 4.79 Å². The van der Waals surface area contributed by atoms with Crippen LogP contribution >= 0.6 is 11.6 Å². The lowest BCUT2D eigenvalue weighted by atomic mass is 10.1. The summed E-state index contributed by atoms with van der Waals surface area (Å²) in [5, 5.41) is 5.82. The van der Waals surface area contributed by atoms with E-state index in [0.29, 0.717) is 11.4 Å². The van der Waals surface area contributed by atoms with Crippen LogP contribution in [0, 0.1) is 0 Å². The second-order valence-corrected chi connectivity index (χ2v) is 5.47. The highest BCUT2D eigenvalue weighted by molar-refractivity contribution is 6.31. The largest absolute Gasteiger partial charge is 0.352 e. The van der Waals surface area contributed by atoms with Crippen LogP contribution in [0.5, 0.6) is 0 Å². The summed E-state index contributed by atoms with van der Waals surface area (Å²) in [4.78, 5) is 23.5. The third-order valence-electron chi connectivity index (χ3n) is 3.33. The predicted molar refractivity (Wildman–Crippen MR) is 90.0 cm³/mol. The Kier molecular flexibility index (Phi) is 6.00. The van der Waals surface area contributed by atoms with E-state index in [4.69, 9.17) is 17.3 Å². The first-order valence-corrected chi connectivity index (χ1v) is 7.55. The Balaban J connectivity index is 2.01. The zero-order chi connectivity index (χ0) is 16.7. The van der Waals surface area contributed by atoms with E-state index in [9.17, 15) is 9.59 Å². The van der Waals surface area contributed by atoms with E-state index in [2.05, 4.69) is 10.6 Å². The van der Waals surface area contributed by atoms with Crippen molar-refractivity contribution in [2.45, 2.75) is 19.0 Å². The van der Waals surface area contributed by atoms with E-state index in [1.807, 2.05) is 48.5 Å². The summed E-state index contributed by atoms with van der Waals surface area (Å²) < 4.78 is 0. The number of carbonyl (C=O) groups excluding carboxylic acids is 2. The van der Waals surface area contributed by atoms with E-state index in [1.54, 1.807) is 6.07 Å². The summed E-state index contributed by atoms with van der Waals surface area (Å²) in [6, 6.07) is 15.2. The Morgan fingerprint density at radius 1 is 1.04 bits per heavy atom. The van der Waals surface area contributed by atoms with Crippen LogP contribution < -0.4 is 16.4 Å². The molecule has 0 saturated carbocycles. The first-order valence-electron chi connectivity index (χ1n) is 7.17. The zero-order valence-electron chi connectivity index (χ0n) is 12.5. The molecule has 120 valence electrons. The van der Waals surface area contributed by atoms with Crippen molar-refractivity contribution in [3.63, 3.8) is 0 Å². The summed E-state index contributed by atoms with van der Waals surface area (Å²) in [5.74, 6) is -0.312.